The zero-order valence-electron chi connectivity index (χ0n) is 20.2. The quantitative estimate of drug-likeness (QED) is 0.436. The summed E-state index contributed by atoms with van der Waals surface area (Å²) in [5.74, 6) is 10.6. The molecule has 0 aromatic rings. The molecule has 0 heterocycles. The summed E-state index contributed by atoms with van der Waals surface area (Å²) in [6.45, 7) is 10.6. The largest absolute Gasteiger partial charge is 0.0625 e. The first kappa shape index (κ1) is 20.9. The Bertz CT molecular complexity index is 560. The number of fused-ring (bicyclic) bond motifs is 3. The van der Waals surface area contributed by atoms with Crippen LogP contribution in [0.2, 0.25) is 0 Å². The summed E-state index contributed by atoms with van der Waals surface area (Å²) in [6.07, 6.45) is 21.8. The van der Waals surface area contributed by atoms with Crippen molar-refractivity contribution < 1.29 is 0 Å². The lowest BCUT2D eigenvalue weighted by molar-refractivity contribution is 0.0465. The first-order valence-corrected chi connectivity index (χ1v) is 13.9. The van der Waals surface area contributed by atoms with Gasteiger partial charge in [-0.3, -0.25) is 0 Å². The molecule has 0 spiro atoms. The predicted octanol–water partition coefficient (Wildman–Crippen LogP) is 8.74. The Morgan fingerprint density at radius 1 is 0.517 bits per heavy atom. The minimum absolute atomic E-state index is 0.616. The molecule has 5 rings (SSSR count). The van der Waals surface area contributed by atoms with E-state index in [0.717, 1.165) is 59.2 Å². The molecule has 0 aromatic carbocycles. The molecular formula is C29H50. The molecule has 0 radical (unpaired) electrons. The lowest BCUT2D eigenvalue weighted by Crippen LogP contribution is -2.36. The maximum Gasteiger partial charge on any atom is -0.0292 e. The van der Waals surface area contributed by atoms with Gasteiger partial charge in [0.2, 0.25) is 0 Å². The second-order valence-electron chi connectivity index (χ2n) is 13.5. The highest BCUT2D eigenvalue weighted by atomic mass is 14.6. The Morgan fingerprint density at radius 2 is 1.14 bits per heavy atom. The summed E-state index contributed by atoms with van der Waals surface area (Å²) in [6, 6.07) is 0. The maximum atomic E-state index is 2.73. The van der Waals surface area contributed by atoms with Crippen LogP contribution in [0.25, 0.3) is 0 Å². The van der Waals surface area contributed by atoms with Crippen LogP contribution in [0.4, 0.5) is 0 Å². The van der Waals surface area contributed by atoms with E-state index in [4.69, 9.17) is 0 Å². The van der Waals surface area contributed by atoms with E-state index in [0.29, 0.717) is 5.41 Å². The van der Waals surface area contributed by atoms with E-state index in [1.54, 1.807) is 57.8 Å². The van der Waals surface area contributed by atoms with E-state index in [2.05, 4.69) is 27.7 Å². The fourth-order valence-corrected chi connectivity index (χ4v) is 10.2. The van der Waals surface area contributed by atoms with Crippen LogP contribution in [0.3, 0.4) is 0 Å². The van der Waals surface area contributed by atoms with E-state index in [1.807, 2.05) is 0 Å². The van der Waals surface area contributed by atoms with Gasteiger partial charge in [-0.1, -0.05) is 66.2 Å². The van der Waals surface area contributed by atoms with Crippen LogP contribution >= 0.6 is 0 Å². The Balaban J connectivity index is 1.29. The smallest absolute Gasteiger partial charge is 0.0292 e. The Morgan fingerprint density at radius 3 is 1.83 bits per heavy atom. The van der Waals surface area contributed by atoms with Crippen LogP contribution in [0.1, 0.15) is 118 Å². The van der Waals surface area contributed by atoms with Crippen molar-refractivity contribution in [2.75, 3.05) is 0 Å². The summed E-state index contributed by atoms with van der Waals surface area (Å²) in [5, 5.41) is 0. The first-order valence-electron chi connectivity index (χ1n) is 13.9. The zero-order valence-corrected chi connectivity index (χ0v) is 20.2. The SMILES string of the molecule is CC1CCCC(C2CCC3C4CCC(C5CCCCC5C)CC4C(C)(C)C3C2)C1. The van der Waals surface area contributed by atoms with Crippen LogP contribution in [-0.2, 0) is 0 Å². The van der Waals surface area contributed by atoms with Crippen molar-refractivity contribution in [3.8, 4) is 0 Å². The number of hydrogen-bond donors (Lipinski definition) is 0. The third kappa shape index (κ3) is 3.75. The molecule has 0 bridgehead atoms. The van der Waals surface area contributed by atoms with E-state index in [-0.39, 0.29) is 0 Å². The third-order valence-corrected chi connectivity index (χ3v) is 11.8. The van der Waals surface area contributed by atoms with Gasteiger partial charge < -0.3 is 0 Å². The van der Waals surface area contributed by atoms with Gasteiger partial charge in [0, 0.05) is 0 Å². The average Bonchev–Trinajstić information content (AvgIpc) is 2.95. The molecule has 5 saturated carbocycles. The highest BCUT2D eigenvalue weighted by Crippen LogP contribution is 2.66. The molecule has 10 atom stereocenters. The Kier molecular flexibility index (Phi) is 5.88. The van der Waals surface area contributed by atoms with Crippen molar-refractivity contribution in [3.63, 3.8) is 0 Å². The summed E-state index contributed by atoms with van der Waals surface area (Å²) in [4.78, 5) is 0. The highest BCUT2D eigenvalue weighted by molar-refractivity contribution is 5.07. The second-order valence-corrected chi connectivity index (χ2v) is 13.5. The van der Waals surface area contributed by atoms with Gasteiger partial charge in [0.1, 0.15) is 0 Å². The molecule has 0 N–H and O–H groups in total. The van der Waals surface area contributed by atoms with Crippen molar-refractivity contribution in [2.45, 2.75) is 118 Å². The molecule has 0 saturated heterocycles. The van der Waals surface area contributed by atoms with Crippen LogP contribution < -0.4 is 0 Å². The second kappa shape index (κ2) is 8.16. The fourth-order valence-electron chi connectivity index (χ4n) is 10.2. The molecule has 29 heavy (non-hydrogen) atoms. The van der Waals surface area contributed by atoms with Crippen molar-refractivity contribution in [1.82, 2.24) is 0 Å². The molecule has 0 aromatic heterocycles. The molecule has 5 aliphatic carbocycles. The normalized spacial score (nSPS) is 52.6. The van der Waals surface area contributed by atoms with Crippen molar-refractivity contribution in [2.24, 2.45) is 64.6 Å². The maximum absolute atomic E-state index is 2.73. The predicted molar refractivity (Wildman–Crippen MR) is 125 cm³/mol. The highest BCUT2D eigenvalue weighted by Gasteiger charge is 2.58. The minimum Gasteiger partial charge on any atom is -0.0625 e. The fraction of sp³-hybridized carbons (Fsp3) is 1.00. The van der Waals surface area contributed by atoms with Gasteiger partial charge >= 0.3 is 0 Å². The summed E-state index contributed by atoms with van der Waals surface area (Å²) in [5.41, 5.74) is 0.616. The lowest BCUT2D eigenvalue weighted by atomic mass is 9.60. The lowest BCUT2D eigenvalue weighted by Gasteiger charge is -2.45. The van der Waals surface area contributed by atoms with Gasteiger partial charge in [-0.05, 0) is 116 Å². The van der Waals surface area contributed by atoms with Crippen LogP contribution in [-0.4, -0.2) is 0 Å². The van der Waals surface area contributed by atoms with Gasteiger partial charge in [-0.2, -0.15) is 0 Å². The van der Waals surface area contributed by atoms with E-state index < -0.39 is 0 Å². The van der Waals surface area contributed by atoms with Gasteiger partial charge in [-0.15, -0.1) is 0 Å². The first-order chi connectivity index (χ1) is 13.9. The summed E-state index contributed by atoms with van der Waals surface area (Å²) < 4.78 is 0. The Hall–Kier alpha value is 0. The molecule has 5 aliphatic rings. The molecule has 0 heteroatoms. The topological polar surface area (TPSA) is 0 Å². The molecule has 0 aliphatic heterocycles. The number of hydrogen-bond acceptors (Lipinski definition) is 0. The third-order valence-electron chi connectivity index (χ3n) is 11.8. The molecule has 0 amide bonds. The Labute approximate surface area is 182 Å². The van der Waals surface area contributed by atoms with Crippen molar-refractivity contribution >= 4 is 0 Å². The van der Waals surface area contributed by atoms with Crippen molar-refractivity contribution in [3.05, 3.63) is 0 Å². The van der Waals surface area contributed by atoms with E-state index >= 15 is 0 Å². The van der Waals surface area contributed by atoms with Gasteiger partial charge in [0.25, 0.3) is 0 Å². The summed E-state index contributed by atoms with van der Waals surface area (Å²) >= 11 is 0. The molecule has 0 nitrogen and oxygen atoms in total. The van der Waals surface area contributed by atoms with E-state index in [9.17, 15) is 0 Å². The average molecular weight is 399 g/mol. The standard InChI is InChI=1S/C29H50/c1-19-8-7-10-21(16-19)22-12-14-25-26-15-13-23(24-11-6-5-9-20(24)2)18-28(26)29(3,4)27(25)17-22/h19-28H,5-18H2,1-4H3. The van der Waals surface area contributed by atoms with Gasteiger partial charge in [0.05, 0.1) is 0 Å². The van der Waals surface area contributed by atoms with Crippen LogP contribution in [0.5, 0.6) is 0 Å². The van der Waals surface area contributed by atoms with Crippen LogP contribution in [0, 0.1) is 64.6 Å². The molecule has 5 fully saturated rings. The monoisotopic (exact) mass is 398 g/mol. The molecule has 166 valence electrons. The van der Waals surface area contributed by atoms with E-state index in [1.165, 1.54) is 32.1 Å². The molecular weight excluding hydrogens is 348 g/mol. The minimum atomic E-state index is 0.616. The van der Waals surface area contributed by atoms with Gasteiger partial charge in [0.15, 0.2) is 0 Å². The van der Waals surface area contributed by atoms with Gasteiger partial charge in [-0.25, -0.2) is 0 Å². The molecule has 10 unspecified atom stereocenters. The zero-order chi connectivity index (χ0) is 20.2. The van der Waals surface area contributed by atoms with Crippen LogP contribution in [0.15, 0.2) is 0 Å². The van der Waals surface area contributed by atoms with Crippen molar-refractivity contribution in [1.29, 1.82) is 0 Å². The summed E-state index contributed by atoms with van der Waals surface area (Å²) in [7, 11) is 0. The number of rotatable bonds is 2.